The minimum Gasteiger partial charge on any atom is -0.273 e. The number of carbonyl (C=O) groups excluding carboxylic acids is 2. The number of hydrazine groups is 1. The lowest BCUT2D eigenvalue weighted by Crippen LogP contribution is -2.50. The number of aryl methyl sites for hydroxylation is 1. The topological polar surface area (TPSA) is 108 Å². The highest BCUT2D eigenvalue weighted by atomic mass is 32.2. The van der Waals surface area contributed by atoms with Crippen molar-refractivity contribution in [3.63, 3.8) is 0 Å². The zero-order chi connectivity index (χ0) is 21.7. The van der Waals surface area contributed by atoms with Gasteiger partial charge in [0.25, 0.3) is 5.91 Å². The van der Waals surface area contributed by atoms with Crippen LogP contribution in [0.1, 0.15) is 28.8 Å². The monoisotopic (exact) mass is 448 g/mol. The summed E-state index contributed by atoms with van der Waals surface area (Å²) < 4.78 is 27.1. The fourth-order valence-electron chi connectivity index (χ4n) is 3.25. The van der Waals surface area contributed by atoms with Gasteiger partial charge in [-0.1, -0.05) is 17.7 Å². The van der Waals surface area contributed by atoms with Crippen molar-refractivity contribution in [3.8, 4) is 0 Å². The number of pyridine rings is 1. The number of amides is 2. The van der Waals surface area contributed by atoms with Crippen LogP contribution >= 0.6 is 11.8 Å². The molecule has 2 heterocycles. The molecule has 2 N–H and O–H groups in total. The highest BCUT2D eigenvalue weighted by molar-refractivity contribution is 7.98. The highest BCUT2D eigenvalue weighted by Crippen LogP contribution is 2.24. The van der Waals surface area contributed by atoms with E-state index in [9.17, 15) is 18.0 Å². The molecule has 0 unspecified atom stereocenters. The molecular weight excluding hydrogens is 424 g/mol. The Morgan fingerprint density at radius 2 is 1.90 bits per heavy atom. The zero-order valence-corrected chi connectivity index (χ0v) is 18.4. The van der Waals surface area contributed by atoms with Crippen molar-refractivity contribution in [3.05, 3.63) is 53.7 Å². The average Bonchev–Trinajstić information content (AvgIpc) is 2.77. The van der Waals surface area contributed by atoms with Crippen LogP contribution in [-0.4, -0.2) is 48.9 Å². The summed E-state index contributed by atoms with van der Waals surface area (Å²) in [5, 5.41) is 0.553. The Labute approximate surface area is 180 Å². The number of carbonyl (C=O) groups is 2. The van der Waals surface area contributed by atoms with E-state index in [1.165, 1.54) is 16.1 Å². The fraction of sp³-hybridized carbons (Fsp3) is 0.350. The molecule has 1 aromatic heterocycles. The van der Waals surface area contributed by atoms with Crippen LogP contribution in [0.15, 0.2) is 52.5 Å². The molecule has 1 aromatic carbocycles. The third-order valence-electron chi connectivity index (χ3n) is 4.92. The van der Waals surface area contributed by atoms with Crippen LogP contribution in [-0.2, 0) is 14.8 Å². The quantitative estimate of drug-likeness (QED) is 0.535. The van der Waals surface area contributed by atoms with Crippen LogP contribution in [0.5, 0.6) is 0 Å². The van der Waals surface area contributed by atoms with Gasteiger partial charge in [-0.15, -0.1) is 11.8 Å². The number of nitrogens with one attached hydrogen (secondary N) is 2. The van der Waals surface area contributed by atoms with Gasteiger partial charge in [0.1, 0.15) is 5.03 Å². The van der Waals surface area contributed by atoms with Crippen LogP contribution < -0.4 is 10.9 Å². The molecule has 1 aliphatic heterocycles. The molecule has 1 fully saturated rings. The third kappa shape index (κ3) is 5.00. The lowest BCUT2D eigenvalue weighted by Gasteiger charge is -2.31. The van der Waals surface area contributed by atoms with Crippen molar-refractivity contribution >= 4 is 33.6 Å². The van der Waals surface area contributed by atoms with E-state index in [0.29, 0.717) is 30.0 Å². The molecule has 0 saturated carbocycles. The molecule has 1 saturated heterocycles. The molecule has 1 aliphatic rings. The molecular formula is C20H24N4O4S2. The number of hydrogen-bond acceptors (Lipinski definition) is 6. The normalized spacial score (nSPS) is 17.3. The Kier molecular flexibility index (Phi) is 7.11. The number of piperidine rings is 1. The van der Waals surface area contributed by atoms with Crippen LogP contribution in [0.3, 0.4) is 0 Å². The fourth-order valence-corrected chi connectivity index (χ4v) is 5.32. The molecule has 2 amide bonds. The van der Waals surface area contributed by atoms with Crippen LogP contribution in [0, 0.1) is 12.8 Å². The number of rotatable bonds is 5. The van der Waals surface area contributed by atoms with E-state index in [1.807, 2.05) is 13.2 Å². The number of nitrogens with zero attached hydrogens (tertiary/aromatic N) is 2. The Morgan fingerprint density at radius 3 is 2.60 bits per heavy atom. The number of sulfonamides is 1. The second kappa shape index (κ2) is 9.59. The van der Waals surface area contributed by atoms with E-state index in [-0.39, 0.29) is 11.4 Å². The van der Waals surface area contributed by atoms with Gasteiger partial charge in [0.05, 0.1) is 16.4 Å². The Hall–Kier alpha value is -2.43. The summed E-state index contributed by atoms with van der Waals surface area (Å²) in [5.41, 5.74) is 6.16. The summed E-state index contributed by atoms with van der Waals surface area (Å²) in [4.78, 5) is 29.3. The van der Waals surface area contributed by atoms with Gasteiger partial charge in [-0.3, -0.25) is 20.4 Å². The Balaban J connectivity index is 1.63. The van der Waals surface area contributed by atoms with Crippen LogP contribution in [0.25, 0.3) is 0 Å². The number of aromatic nitrogens is 1. The number of benzene rings is 1. The van der Waals surface area contributed by atoms with Gasteiger partial charge in [-0.2, -0.15) is 4.31 Å². The molecule has 1 atom stereocenters. The summed E-state index contributed by atoms with van der Waals surface area (Å²) in [7, 11) is -3.67. The maximum Gasteiger partial charge on any atom is 0.272 e. The molecule has 10 heteroatoms. The third-order valence-corrected chi connectivity index (χ3v) is 7.51. The van der Waals surface area contributed by atoms with Crippen molar-refractivity contribution in [2.45, 2.75) is 29.7 Å². The first-order chi connectivity index (χ1) is 14.3. The van der Waals surface area contributed by atoms with Gasteiger partial charge in [-0.05, 0) is 50.3 Å². The van der Waals surface area contributed by atoms with Crippen molar-refractivity contribution in [2.75, 3.05) is 19.3 Å². The molecule has 0 bridgehead atoms. The Bertz CT molecular complexity index is 1030. The van der Waals surface area contributed by atoms with E-state index < -0.39 is 27.8 Å². The maximum absolute atomic E-state index is 12.9. The van der Waals surface area contributed by atoms with Gasteiger partial charge in [-0.25, -0.2) is 13.4 Å². The molecule has 30 heavy (non-hydrogen) atoms. The molecule has 3 rings (SSSR count). The average molecular weight is 449 g/mol. The van der Waals surface area contributed by atoms with Crippen molar-refractivity contribution in [1.82, 2.24) is 20.1 Å². The minimum absolute atomic E-state index is 0.0703. The van der Waals surface area contributed by atoms with Gasteiger partial charge in [0.15, 0.2) is 0 Å². The second-order valence-corrected chi connectivity index (χ2v) is 9.75. The van der Waals surface area contributed by atoms with Crippen molar-refractivity contribution in [2.24, 2.45) is 5.92 Å². The first kappa shape index (κ1) is 22.3. The lowest BCUT2D eigenvalue weighted by molar-refractivity contribution is -0.126. The second-order valence-electron chi connectivity index (χ2n) is 7.02. The number of thioether (sulfide) groups is 1. The van der Waals surface area contributed by atoms with Crippen LogP contribution in [0.4, 0.5) is 0 Å². The zero-order valence-electron chi connectivity index (χ0n) is 16.8. The standard InChI is InChI=1S/C20H24N4O4S2/c1-14-7-9-16(10-8-14)30(27,28)24-12-4-5-15(13-24)18(25)22-23-19(26)17-6-3-11-21-20(17)29-2/h3,6-11,15H,4-5,12-13H2,1-2H3,(H,22,25)(H,23,26)/t15-/m1/s1. The van der Waals surface area contributed by atoms with Gasteiger partial charge in [0.2, 0.25) is 15.9 Å². The molecule has 8 nitrogen and oxygen atoms in total. The first-order valence-electron chi connectivity index (χ1n) is 9.49. The van der Waals surface area contributed by atoms with E-state index >= 15 is 0 Å². The van der Waals surface area contributed by atoms with Gasteiger partial charge >= 0.3 is 0 Å². The summed E-state index contributed by atoms with van der Waals surface area (Å²) in [6.45, 7) is 2.32. The van der Waals surface area contributed by atoms with Gasteiger partial charge in [0, 0.05) is 19.3 Å². The maximum atomic E-state index is 12.9. The summed E-state index contributed by atoms with van der Waals surface area (Å²) in [5.74, 6) is -1.43. The smallest absolute Gasteiger partial charge is 0.272 e. The largest absolute Gasteiger partial charge is 0.273 e. The van der Waals surface area contributed by atoms with Crippen molar-refractivity contribution < 1.29 is 18.0 Å². The molecule has 0 aliphatic carbocycles. The summed E-state index contributed by atoms with van der Waals surface area (Å²) in [6, 6.07) is 9.91. The predicted molar refractivity (Wildman–Crippen MR) is 114 cm³/mol. The highest BCUT2D eigenvalue weighted by Gasteiger charge is 2.33. The number of hydrogen-bond donors (Lipinski definition) is 2. The van der Waals surface area contributed by atoms with E-state index in [0.717, 1.165) is 5.56 Å². The van der Waals surface area contributed by atoms with E-state index in [4.69, 9.17) is 0 Å². The van der Waals surface area contributed by atoms with Crippen molar-refractivity contribution in [1.29, 1.82) is 0 Å². The van der Waals surface area contributed by atoms with Crippen LogP contribution in [0.2, 0.25) is 0 Å². The SMILES string of the molecule is CSc1ncccc1C(=O)NNC(=O)[C@@H]1CCCN(S(=O)(=O)c2ccc(C)cc2)C1. The Morgan fingerprint density at radius 1 is 1.17 bits per heavy atom. The minimum atomic E-state index is -3.67. The van der Waals surface area contributed by atoms with Gasteiger partial charge < -0.3 is 0 Å². The molecule has 2 aromatic rings. The summed E-state index contributed by atoms with van der Waals surface area (Å²) >= 11 is 1.33. The molecule has 160 valence electrons. The first-order valence-corrected chi connectivity index (χ1v) is 12.2. The molecule has 0 spiro atoms. The van der Waals surface area contributed by atoms with E-state index in [2.05, 4.69) is 15.8 Å². The van der Waals surface area contributed by atoms with E-state index in [1.54, 1.807) is 42.6 Å². The predicted octanol–water partition coefficient (Wildman–Crippen LogP) is 1.97. The molecule has 0 radical (unpaired) electrons. The summed E-state index contributed by atoms with van der Waals surface area (Å²) in [6.07, 6.45) is 4.51. The lowest BCUT2D eigenvalue weighted by atomic mass is 9.99.